The van der Waals surface area contributed by atoms with E-state index in [9.17, 15) is 22.4 Å². The highest BCUT2D eigenvalue weighted by atomic mass is 19.4. The maximum atomic E-state index is 13.7. The zero-order chi connectivity index (χ0) is 22.9. The van der Waals surface area contributed by atoms with Crippen molar-refractivity contribution in [3.63, 3.8) is 0 Å². The van der Waals surface area contributed by atoms with Gasteiger partial charge in [-0.1, -0.05) is 24.3 Å². The molecule has 1 heterocycles. The number of hydrogen-bond donors (Lipinski definition) is 0. The Labute approximate surface area is 179 Å². The number of hydrogen-bond acceptors (Lipinski definition) is 4. The average molecular weight is 444 g/mol. The van der Waals surface area contributed by atoms with Gasteiger partial charge < -0.3 is 13.9 Å². The van der Waals surface area contributed by atoms with Gasteiger partial charge in [0.2, 0.25) is 11.2 Å². The molecule has 164 valence electrons. The first-order valence-corrected chi connectivity index (χ1v) is 9.50. The predicted molar refractivity (Wildman–Crippen MR) is 109 cm³/mol. The van der Waals surface area contributed by atoms with Crippen LogP contribution in [-0.2, 0) is 12.8 Å². The summed E-state index contributed by atoms with van der Waals surface area (Å²) in [6, 6.07) is 15.8. The van der Waals surface area contributed by atoms with E-state index in [1.807, 2.05) is 0 Å². The molecular weight excluding hydrogens is 428 g/mol. The van der Waals surface area contributed by atoms with Crippen LogP contribution in [0.4, 0.5) is 17.6 Å². The van der Waals surface area contributed by atoms with Crippen molar-refractivity contribution in [1.82, 2.24) is 0 Å². The number of aryl methyl sites for hydroxylation is 1. The summed E-state index contributed by atoms with van der Waals surface area (Å²) in [5, 5.41) is -0.0882. The zero-order valence-corrected chi connectivity index (χ0v) is 16.7. The lowest BCUT2D eigenvalue weighted by molar-refractivity contribution is -0.154. The van der Waals surface area contributed by atoms with Gasteiger partial charge in [-0.05, 0) is 54.4 Å². The quantitative estimate of drug-likeness (QED) is 0.324. The minimum Gasteiger partial charge on any atom is -0.489 e. The highest BCUT2D eigenvalue weighted by molar-refractivity contribution is 5.79. The summed E-state index contributed by atoms with van der Waals surface area (Å²) in [6.07, 6.45) is -4.96. The fraction of sp³-hybridized carbons (Fsp3) is 0.125. The van der Waals surface area contributed by atoms with Crippen molar-refractivity contribution in [2.24, 2.45) is 0 Å². The lowest BCUT2D eigenvalue weighted by atomic mass is 10.2. The number of ether oxygens (including phenoxy) is 2. The number of benzene rings is 3. The van der Waals surface area contributed by atoms with Crippen molar-refractivity contribution in [2.45, 2.75) is 19.7 Å². The summed E-state index contributed by atoms with van der Waals surface area (Å²) in [4.78, 5) is 12.8. The predicted octanol–water partition coefficient (Wildman–Crippen LogP) is 6.63. The fourth-order valence-electron chi connectivity index (χ4n) is 3.07. The summed E-state index contributed by atoms with van der Waals surface area (Å²) in [5.41, 5.74) is 0.163. The molecule has 0 fully saturated rings. The van der Waals surface area contributed by atoms with Crippen molar-refractivity contribution < 1.29 is 31.5 Å². The Morgan fingerprint density at radius 2 is 1.69 bits per heavy atom. The van der Waals surface area contributed by atoms with Crippen LogP contribution < -0.4 is 14.9 Å². The first-order valence-electron chi connectivity index (χ1n) is 9.50. The lowest BCUT2D eigenvalue weighted by Gasteiger charge is -2.14. The summed E-state index contributed by atoms with van der Waals surface area (Å²) in [7, 11) is 0. The van der Waals surface area contributed by atoms with Gasteiger partial charge in [-0.25, -0.2) is 4.39 Å². The number of alkyl halides is 3. The molecule has 0 radical (unpaired) electrons. The second kappa shape index (κ2) is 8.37. The number of halogens is 4. The molecule has 0 saturated carbocycles. The maximum absolute atomic E-state index is 13.7. The van der Waals surface area contributed by atoms with Crippen LogP contribution in [-0.4, -0.2) is 0 Å². The maximum Gasteiger partial charge on any atom is 0.453 e. The minimum atomic E-state index is -4.96. The van der Waals surface area contributed by atoms with Gasteiger partial charge in [0.1, 0.15) is 29.5 Å². The molecule has 0 atom stereocenters. The highest BCUT2D eigenvalue weighted by Gasteiger charge is 2.40. The van der Waals surface area contributed by atoms with Crippen LogP contribution in [0.3, 0.4) is 0 Å². The molecular formula is C24H16F4O4. The van der Waals surface area contributed by atoms with Crippen molar-refractivity contribution in [1.29, 1.82) is 0 Å². The normalized spacial score (nSPS) is 11.5. The SMILES string of the molecule is Cc1cccc(Oc2c(C(F)(F)F)oc3cc(OCc4ccc(F)cc4)ccc3c2=O)c1. The summed E-state index contributed by atoms with van der Waals surface area (Å²) in [6.45, 7) is 1.80. The Morgan fingerprint density at radius 3 is 2.38 bits per heavy atom. The third-order valence-corrected chi connectivity index (χ3v) is 4.61. The molecule has 4 aromatic rings. The molecule has 0 amide bonds. The van der Waals surface area contributed by atoms with E-state index in [2.05, 4.69) is 0 Å². The standard InChI is InChI=1S/C24H16F4O4/c1-14-3-2-4-18(11-14)31-22-21(29)19-10-9-17(12-20(19)32-23(22)24(26,27)28)30-13-15-5-7-16(25)8-6-15/h2-12H,13H2,1H3. The largest absolute Gasteiger partial charge is 0.489 e. The van der Waals surface area contributed by atoms with Gasteiger partial charge in [0.25, 0.3) is 5.76 Å². The van der Waals surface area contributed by atoms with Crippen LogP contribution in [0.15, 0.2) is 75.9 Å². The minimum absolute atomic E-state index is 0.0523. The monoisotopic (exact) mass is 444 g/mol. The van der Waals surface area contributed by atoms with Gasteiger partial charge in [0.05, 0.1) is 5.39 Å². The van der Waals surface area contributed by atoms with E-state index in [4.69, 9.17) is 13.9 Å². The molecule has 0 aliphatic heterocycles. The third-order valence-electron chi connectivity index (χ3n) is 4.61. The molecule has 0 N–H and O–H groups in total. The van der Waals surface area contributed by atoms with Crippen molar-refractivity contribution in [3.8, 4) is 17.2 Å². The Kier molecular flexibility index (Phi) is 5.61. The van der Waals surface area contributed by atoms with Gasteiger partial charge in [0, 0.05) is 6.07 Å². The zero-order valence-electron chi connectivity index (χ0n) is 16.7. The molecule has 4 nitrogen and oxygen atoms in total. The molecule has 0 aliphatic rings. The van der Waals surface area contributed by atoms with Crippen molar-refractivity contribution in [3.05, 3.63) is 99.7 Å². The van der Waals surface area contributed by atoms with E-state index in [0.29, 0.717) is 5.56 Å². The molecule has 4 rings (SSSR count). The molecule has 0 bridgehead atoms. The average Bonchev–Trinajstić information content (AvgIpc) is 2.74. The molecule has 0 saturated heterocycles. The number of rotatable bonds is 5. The summed E-state index contributed by atoms with van der Waals surface area (Å²) < 4.78 is 69.9. The van der Waals surface area contributed by atoms with E-state index in [1.54, 1.807) is 19.1 Å². The summed E-state index contributed by atoms with van der Waals surface area (Å²) >= 11 is 0. The molecule has 0 spiro atoms. The van der Waals surface area contributed by atoms with E-state index in [-0.39, 0.29) is 29.1 Å². The smallest absolute Gasteiger partial charge is 0.453 e. The van der Waals surface area contributed by atoms with Crippen molar-refractivity contribution >= 4 is 11.0 Å². The third kappa shape index (κ3) is 4.59. The van der Waals surface area contributed by atoms with Crippen LogP contribution in [0.5, 0.6) is 17.2 Å². The Morgan fingerprint density at radius 1 is 0.938 bits per heavy atom. The Balaban J connectivity index is 1.72. The van der Waals surface area contributed by atoms with Crippen molar-refractivity contribution in [2.75, 3.05) is 0 Å². The second-order valence-electron chi connectivity index (χ2n) is 7.08. The molecule has 1 aromatic heterocycles. The van der Waals surface area contributed by atoms with Gasteiger partial charge >= 0.3 is 6.18 Å². The van der Waals surface area contributed by atoms with Gasteiger partial charge in [0.15, 0.2) is 0 Å². The van der Waals surface area contributed by atoms with Crippen LogP contribution in [0, 0.1) is 12.7 Å². The Hall–Kier alpha value is -3.81. The van der Waals surface area contributed by atoms with Gasteiger partial charge in [-0.3, -0.25) is 4.79 Å². The highest BCUT2D eigenvalue weighted by Crippen LogP contribution is 2.38. The van der Waals surface area contributed by atoms with Crippen LogP contribution >= 0.6 is 0 Å². The Bertz CT molecular complexity index is 1320. The molecule has 3 aromatic carbocycles. The first kappa shape index (κ1) is 21.4. The molecule has 0 aliphatic carbocycles. The van der Waals surface area contributed by atoms with Gasteiger partial charge in [-0.2, -0.15) is 13.2 Å². The van der Waals surface area contributed by atoms with Gasteiger partial charge in [-0.15, -0.1) is 0 Å². The molecule has 0 unspecified atom stereocenters. The van der Waals surface area contributed by atoms with E-state index in [0.717, 1.165) is 5.56 Å². The van der Waals surface area contributed by atoms with E-state index >= 15 is 0 Å². The summed E-state index contributed by atoms with van der Waals surface area (Å²) in [5.74, 6) is -2.60. The molecule has 32 heavy (non-hydrogen) atoms. The van der Waals surface area contributed by atoms with E-state index < -0.39 is 28.9 Å². The van der Waals surface area contributed by atoms with Crippen LogP contribution in [0.1, 0.15) is 16.9 Å². The van der Waals surface area contributed by atoms with Crippen LogP contribution in [0.25, 0.3) is 11.0 Å². The fourth-order valence-corrected chi connectivity index (χ4v) is 3.07. The first-order chi connectivity index (χ1) is 15.2. The second-order valence-corrected chi connectivity index (χ2v) is 7.08. The van der Waals surface area contributed by atoms with Crippen LogP contribution in [0.2, 0.25) is 0 Å². The topological polar surface area (TPSA) is 48.7 Å². The number of fused-ring (bicyclic) bond motifs is 1. The lowest BCUT2D eigenvalue weighted by Crippen LogP contribution is -2.15. The van der Waals surface area contributed by atoms with E-state index in [1.165, 1.54) is 54.6 Å². The molecule has 8 heteroatoms.